The van der Waals surface area contributed by atoms with E-state index in [1.807, 2.05) is 74.8 Å². The van der Waals surface area contributed by atoms with Gasteiger partial charge in [-0.3, -0.25) is 31.0 Å². The van der Waals surface area contributed by atoms with E-state index >= 15 is 0 Å². The number of piperidine rings is 3. The van der Waals surface area contributed by atoms with Gasteiger partial charge in [-0.05, 0) is 151 Å². The number of aliphatic hydroxyl groups is 1. The van der Waals surface area contributed by atoms with E-state index in [-0.39, 0.29) is 24.0 Å². The van der Waals surface area contributed by atoms with Crippen molar-refractivity contribution < 1.29 is 5.11 Å². The number of rotatable bonds is 13. The lowest BCUT2D eigenvalue weighted by molar-refractivity contribution is -0.0444. The average molecular weight is 868 g/mol. The third kappa shape index (κ3) is 13.9. The van der Waals surface area contributed by atoms with Gasteiger partial charge in [0, 0.05) is 69.3 Å². The molecule has 0 saturated carbocycles. The Kier molecular flexibility index (Phi) is 18.2. The van der Waals surface area contributed by atoms with Crippen molar-refractivity contribution in [2.24, 2.45) is 11.8 Å². The first-order chi connectivity index (χ1) is 29.4. The molecule has 3 aliphatic rings. The Morgan fingerprint density at radius 1 is 0.918 bits per heavy atom. The van der Waals surface area contributed by atoms with Crippen LogP contribution in [-0.2, 0) is 0 Å². The van der Waals surface area contributed by atoms with Crippen LogP contribution in [0.15, 0.2) is 104 Å². The summed E-state index contributed by atoms with van der Waals surface area (Å²) in [4.78, 5) is 13.7. The summed E-state index contributed by atoms with van der Waals surface area (Å²) in [5.74, 6) is 1.39. The Labute approximate surface area is 372 Å². The van der Waals surface area contributed by atoms with E-state index < -0.39 is 6.10 Å². The van der Waals surface area contributed by atoms with Crippen molar-refractivity contribution in [2.45, 2.75) is 84.5 Å². The van der Waals surface area contributed by atoms with Gasteiger partial charge in [0.15, 0.2) is 11.9 Å². The molecule has 3 aromatic carbocycles. The number of guanidine groups is 2. The normalized spacial score (nSPS) is 18.9. The molecule has 3 aliphatic heterocycles. The largest absolute Gasteiger partial charge is 0.387 e. The van der Waals surface area contributed by atoms with Gasteiger partial charge in [-0.25, -0.2) is 0 Å². The van der Waals surface area contributed by atoms with Crippen molar-refractivity contribution in [3.05, 3.63) is 120 Å². The minimum absolute atomic E-state index is 0.0328. The van der Waals surface area contributed by atoms with Crippen LogP contribution in [0, 0.1) is 22.7 Å². The van der Waals surface area contributed by atoms with E-state index in [1.54, 1.807) is 24.3 Å². The summed E-state index contributed by atoms with van der Waals surface area (Å²) in [6.45, 7) is 20.1. The molecule has 3 fully saturated rings. The topological polar surface area (TPSA) is 148 Å². The monoisotopic (exact) mass is 866 g/mol. The number of hydrogen-bond acceptors (Lipinski definition) is 8. The van der Waals surface area contributed by atoms with Crippen molar-refractivity contribution in [3.8, 4) is 0 Å². The van der Waals surface area contributed by atoms with Crippen molar-refractivity contribution >= 4 is 68.3 Å². The number of aliphatic hydroxyl groups excluding tert-OH is 1. The molecule has 6 atom stereocenters. The number of nitrogens with zero attached hydrogens (tertiary/aromatic N) is 4. The fourth-order valence-electron chi connectivity index (χ4n) is 8.19. The highest BCUT2D eigenvalue weighted by Crippen LogP contribution is 2.42. The van der Waals surface area contributed by atoms with Crippen LogP contribution in [0.2, 0.25) is 10.0 Å². The zero-order valence-electron chi connectivity index (χ0n) is 36.3. The van der Waals surface area contributed by atoms with Crippen LogP contribution < -0.4 is 21.3 Å². The van der Waals surface area contributed by atoms with Gasteiger partial charge in [0.1, 0.15) is 0 Å². The second-order valence-corrected chi connectivity index (χ2v) is 17.0. The molecule has 2 bridgehead atoms. The average Bonchev–Trinajstić information content (AvgIpc) is 3.25. The first-order valence-electron chi connectivity index (χ1n) is 21.5. The van der Waals surface area contributed by atoms with Gasteiger partial charge in [0.25, 0.3) is 0 Å². The maximum absolute atomic E-state index is 11.0. The van der Waals surface area contributed by atoms with E-state index in [2.05, 4.69) is 80.5 Å². The zero-order chi connectivity index (χ0) is 43.9. The second kappa shape index (κ2) is 23.4. The summed E-state index contributed by atoms with van der Waals surface area (Å²) in [6.07, 6.45) is 9.97. The smallest absolute Gasteiger partial charge is 0.199 e. The minimum atomic E-state index is -0.443. The standard InChI is InChI=1S/C19H22N2O.C18H26ClN3.C11H16ClN5/c1-2-13-12-21-10-8-14(13)11-18(21)19(22)16-7-9-20-17-6-4-3-5-15(16)17;1-4-22(5-2)12-6-7-14(3)21-17-10-11-20-18-13-15(19)8-9-16(17)18;1-7(2)15-10(13)17-11(14)16-9-5-3-8(12)4-6-9/h2-7,9,13-14,18-19,22H,1,8,10-12H2;8-11,13-14H,4-7,12H2,1-3H3,(H,20,21);3-7H,1-2H3,(H5,13,14,15,16,17)/t13-,14-,18+,19-;;/m0../s1. The summed E-state index contributed by atoms with van der Waals surface area (Å²) < 4.78 is 0. The molecule has 0 aliphatic carbocycles. The molecule has 0 spiro atoms. The van der Waals surface area contributed by atoms with Crippen molar-refractivity contribution in [1.82, 2.24) is 30.4 Å². The molecule has 61 heavy (non-hydrogen) atoms. The molecule has 1 unspecified atom stereocenters. The van der Waals surface area contributed by atoms with Gasteiger partial charge in [0.05, 0.1) is 17.1 Å². The molecule has 326 valence electrons. The predicted octanol–water partition coefficient (Wildman–Crippen LogP) is 10.2. The molecular weight excluding hydrogens is 804 g/mol. The highest BCUT2D eigenvalue weighted by Gasteiger charge is 2.42. The molecule has 7 N–H and O–H groups in total. The van der Waals surface area contributed by atoms with E-state index in [0.29, 0.717) is 22.9 Å². The van der Waals surface area contributed by atoms with Gasteiger partial charge in [0.2, 0.25) is 0 Å². The Morgan fingerprint density at radius 2 is 1.62 bits per heavy atom. The van der Waals surface area contributed by atoms with Crippen LogP contribution in [0.4, 0.5) is 11.4 Å². The first kappa shape index (κ1) is 47.3. The van der Waals surface area contributed by atoms with Crippen LogP contribution in [0.3, 0.4) is 0 Å². The summed E-state index contributed by atoms with van der Waals surface area (Å²) in [6, 6.07) is 25.8. The molecular formula is C48H64Cl2N10O. The molecule has 5 heterocycles. The quantitative estimate of drug-likeness (QED) is 0.0349. The number of halogens is 2. The molecule has 0 radical (unpaired) electrons. The molecule has 2 aromatic heterocycles. The summed E-state index contributed by atoms with van der Waals surface area (Å²) in [5.41, 5.74) is 4.78. The van der Waals surface area contributed by atoms with E-state index in [4.69, 9.17) is 34.0 Å². The Bertz CT molecular complexity index is 2170. The summed E-state index contributed by atoms with van der Waals surface area (Å²) >= 11 is 11.8. The highest BCUT2D eigenvalue weighted by molar-refractivity contribution is 6.31. The number of hydrogen-bond donors (Lipinski definition) is 7. The van der Waals surface area contributed by atoms with Crippen molar-refractivity contribution in [3.63, 3.8) is 0 Å². The predicted molar refractivity (Wildman–Crippen MR) is 257 cm³/mol. The molecule has 11 nitrogen and oxygen atoms in total. The lowest BCUT2D eigenvalue weighted by atomic mass is 9.73. The lowest BCUT2D eigenvalue weighted by Crippen LogP contribution is -2.54. The second-order valence-electron chi connectivity index (χ2n) is 16.1. The maximum Gasteiger partial charge on any atom is 0.199 e. The van der Waals surface area contributed by atoms with Crippen LogP contribution >= 0.6 is 23.2 Å². The lowest BCUT2D eigenvalue weighted by Gasteiger charge is -2.50. The minimum Gasteiger partial charge on any atom is -0.387 e. The van der Waals surface area contributed by atoms with Gasteiger partial charge in [-0.1, -0.05) is 61.3 Å². The molecule has 3 saturated heterocycles. The SMILES string of the molecule is C=C[C@H]1C[N@]2CC[C@H]1C[C@@H]2[C@@H](O)c1ccnc2ccccc12.CC(C)NC(=N)NC(=N)Nc1ccc(Cl)cc1.CCN(CC)CCCC(C)Nc1ccnc2cc(Cl)ccc12. The fraction of sp³-hybridized carbons (Fsp3) is 0.417. The number of aromatic nitrogens is 2. The maximum atomic E-state index is 11.0. The number of nitrogens with one attached hydrogen (secondary N) is 6. The van der Waals surface area contributed by atoms with Crippen molar-refractivity contribution in [2.75, 3.05) is 43.4 Å². The number of anilines is 2. The van der Waals surface area contributed by atoms with E-state index in [9.17, 15) is 5.11 Å². The van der Waals surface area contributed by atoms with Gasteiger partial charge in [-0.15, -0.1) is 6.58 Å². The Hall–Kier alpha value is -4.78. The van der Waals surface area contributed by atoms with Crippen molar-refractivity contribution in [1.29, 1.82) is 10.8 Å². The molecule has 8 rings (SSSR count). The number of fused-ring (bicyclic) bond motifs is 5. The number of para-hydroxylation sites is 1. The first-order valence-corrected chi connectivity index (χ1v) is 22.3. The fourth-order valence-corrected chi connectivity index (χ4v) is 8.49. The third-order valence-electron chi connectivity index (χ3n) is 11.4. The zero-order valence-corrected chi connectivity index (χ0v) is 37.8. The molecule has 13 heteroatoms. The van der Waals surface area contributed by atoms with E-state index in [1.165, 1.54) is 19.4 Å². The van der Waals surface area contributed by atoms with Gasteiger partial charge in [-0.2, -0.15) is 0 Å². The summed E-state index contributed by atoms with van der Waals surface area (Å²) in [7, 11) is 0. The Morgan fingerprint density at radius 3 is 2.31 bits per heavy atom. The molecule has 5 aromatic rings. The van der Waals surface area contributed by atoms with Gasteiger partial charge < -0.3 is 26.0 Å². The molecule has 0 amide bonds. The Balaban J connectivity index is 0.000000175. The summed E-state index contributed by atoms with van der Waals surface area (Å²) in [5, 5.41) is 41.6. The van der Waals surface area contributed by atoms with E-state index in [0.717, 1.165) is 82.8 Å². The van der Waals surface area contributed by atoms with Crippen LogP contribution in [-0.4, -0.2) is 87.6 Å². The van der Waals surface area contributed by atoms with Crippen LogP contribution in [0.25, 0.3) is 21.8 Å². The third-order valence-corrected chi connectivity index (χ3v) is 11.9. The van der Waals surface area contributed by atoms with Crippen LogP contribution in [0.5, 0.6) is 0 Å². The highest BCUT2D eigenvalue weighted by atomic mass is 35.5. The van der Waals surface area contributed by atoms with Gasteiger partial charge >= 0.3 is 0 Å². The number of pyridine rings is 2. The van der Waals surface area contributed by atoms with Crippen LogP contribution in [0.1, 0.15) is 72.0 Å². The number of benzene rings is 3.